The van der Waals surface area contributed by atoms with Crippen molar-refractivity contribution in [1.82, 2.24) is 5.06 Å². The Balaban J connectivity index is -0.000000251. The van der Waals surface area contributed by atoms with E-state index in [0.29, 0.717) is 0 Å². The predicted molar refractivity (Wildman–Crippen MR) is 74.3 cm³/mol. The van der Waals surface area contributed by atoms with E-state index in [-0.39, 0.29) is 6.61 Å². The number of nitrogens with zero attached hydrogens (tertiary/aromatic N) is 1. The minimum atomic E-state index is -2.67. The zero-order chi connectivity index (χ0) is 18.8. The lowest BCUT2D eigenvalue weighted by molar-refractivity contribution is -0.0668. The molecule has 0 spiro atoms. The standard InChI is InChI=1S/C4H9BFNO2.C2H6BFO2.2BFH2O2/c6-5(8)9-7-3-1-2-4-7;1-2-6-3(4)5;2*2-1(3)4/h8H,1-4H2;5H,2H2,1H3;2*3-4H. The zero-order valence-electron chi connectivity index (χ0n) is 12.3. The van der Waals surface area contributed by atoms with Crippen molar-refractivity contribution in [1.29, 1.82) is 0 Å². The van der Waals surface area contributed by atoms with Gasteiger partial charge >= 0.3 is 29.6 Å². The van der Waals surface area contributed by atoms with Crippen LogP contribution in [0.3, 0.4) is 0 Å². The number of halogens is 4. The summed E-state index contributed by atoms with van der Waals surface area (Å²) in [7, 11) is -9.59. The summed E-state index contributed by atoms with van der Waals surface area (Å²) >= 11 is 0. The molecule has 1 aliphatic heterocycles. The van der Waals surface area contributed by atoms with Gasteiger partial charge in [-0.25, -0.2) is 5.06 Å². The van der Waals surface area contributed by atoms with Crippen LogP contribution in [0.4, 0.5) is 17.3 Å². The molecule has 0 amide bonds. The van der Waals surface area contributed by atoms with Crippen LogP contribution in [0, 0.1) is 0 Å². The van der Waals surface area contributed by atoms with Gasteiger partial charge in [0.15, 0.2) is 0 Å². The minimum Gasteiger partial charge on any atom is -0.398 e. The molecule has 0 saturated carbocycles. The molecule has 0 atom stereocenters. The van der Waals surface area contributed by atoms with E-state index in [9.17, 15) is 17.3 Å². The molecule has 0 aromatic rings. The molecular formula is C6H19B4F4NO8. The van der Waals surface area contributed by atoms with Gasteiger partial charge in [-0.1, -0.05) is 0 Å². The number of hydroxylamine groups is 2. The van der Waals surface area contributed by atoms with Crippen LogP contribution in [0.5, 0.6) is 0 Å². The fourth-order valence-corrected chi connectivity index (χ4v) is 1.05. The van der Waals surface area contributed by atoms with E-state index >= 15 is 0 Å². The van der Waals surface area contributed by atoms with Crippen molar-refractivity contribution < 1.29 is 56.8 Å². The van der Waals surface area contributed by atoms with E-state index in [4.69, 9.17) is 30.1 Å². The summed E-state index contributed by atoms with van der Waals surface area (Å²) in [5.41, 5.74) is 0. The first kappa shape index (κ1) is 27.5. The van der Waals surface area contributed by atoms with Gasteiger partial charge in [0.05, 0.1) is 0 Å². The van der Waals surface area contributed by atoms with E-state index < -0.39 is 29.6 Å². The van der Waals surface area contributed by atoms with Crippen LogP contribution < -0.4 is 0 Å². The summed E-state index contributed by atoms with van der Waals surface area (Å²) in [6.45, 7) is 3.25. The van der Waals surface area contributed by atoms with E-state index in [2.05, 4.69) is 9.41 Å². The molecule has 0 aliphatic carbocycles. The summed E-state index contributed by atoms with van der Waals surface area (Å²) in [6, 6.07) is 0. The van der Waals surface area contributed by atoms with Crippen LogP contribution in [0.15, 0.2) is 0 Å². The van der Waals surface area contributed by atoms with Gasteiger partial charge in [-0.15, -0.1) is 0 Å². The fraction of sp³-hybridized carbons (Fsp3) is 1.00. The van der Waals surface area contributed by atoms with E-state index in [0.717, 1.165) is 25.9 Å². The molecule has 0 bridgehead atoms. The van der Waals surface area contributed by atoms with Crippen molar-refractivity contribution in [2.45, 2.75) is 19.8 Å². The van der Waals surface area contributed by atoms with Crippen LogP contribution in [0.1, 0.15) is 19.8 Å². The lowest BCUT2D eigenvalue weighted by Crippen LogP contribution is -2.27. The number of rotatable bonds is 4. The smallest absolute Gasteiger partial charge is 0.398 e. The van der Waals surface area contributed by atoms with Crippen molar-refractivity contribution in [2.75, 3.05) is 19.7 Å². The number of hydrogen-bond donors (Lipinski definition) is 6. The topological polar surface area (TPSA) is 143 Å². The molecule has 1 aliphatic rings. The first-order chi connectivity index (χ1) is 10.5. The van der Waals surface area contributed by atoms with Crippen molar-refractivity contribution in [3.8, 4) is 0 Å². The summed E-state index contributed by atoms with van der Waals surface area (Å²) < 4.78 is 51.2. The normalized spacial score (nSPS) is 12.7. The minimum absolute atomic E-state index is 0.206. The Morgan fingerprint density at radius 1 is 0.826 bits per heavy atom. The average molecular weight is 352 g/mol. The van der Waals surface area contributed by atoms with E-state index in [1.807, 2.05) is 0 Å². The summed E-state index contributed by atoms with van der Waals surface area (Å²) in [5.74, 6) is 0. The first-order valence-electron chi connectivity index (χ1n) is 6.20. The molecule has 17 heteroatoms. The van der Waals surface area contributed by atoms with Gasteiger partial charge in [0, 0.05) is 19.7 Å². The Hall–Kier alpha value is -0.380. The second kappa shape index (κ2) is 19.7. The molecule has 9 nitrogen and oxygen atoms in total. The van der Waals surface area contributed by atoms with Gasteiger partial charge in [-0.2, -0.15) is 0 Å². The predicted octanol–water partition coefficient (Wildman–Crippen LogP) is -2.22. The van der Waals surface area contributed by atoms with Crippen molar-refractivity contribution in [3.05, 3.63) is 0 Å². The third-order valence-electron chi connectivity index (χ3n) is 1.61. The Labute approximate surface area is 132 Å². The van der Waals surface area contributed by atoms with E-state index in [1.54, 1.807) is 6.92 Å². The maximum atomic E-state index is 11.6. The average Bonchev–Trinajstić information content (AvgIpc) is 2.79. The Morgan fingerprint density at radius 3 is 1.35 bits per heavy atom. The molecule has 0 unspecified atom stereocenters. The lowest BCUT2D eigenvalue weighted by Gasteiger charge is -2.12. The zero-order valence-corrected chi connectivity index (χ0v) is 12.3. The van der Waals surface area contributed by atoms with Gasteiger partial charge < -0.3 is 34.8 Å². The maximum absolute atomic E-state index is 11.6. The van der Waals surface area contributed by atoms with Gasteiger partial charge in [-0.05, 0) is 19.8 Å². The summed E-state index contributed by atoms with van der Waals surface area (Å²) in [6.07, 6.45) is 2.04. The van der Waals surface area contributed by atoms with Gasteiger partial charge in [0.1, 0.15) is 0 Å². The highest BCUT2D eigenvalue weighted by Gasteiger charge is 2.20. The van der Waals surface area contributed by atoms with Crippen molar-refractivity contribution in [3.63, 3.8) is 0 Å². The molecule has 0 aromatic carbocycles. The third-order valence-corrected chi connectivity index (χ3v) is 1.61. The van der Waals surface area contributed by atoms with Crippen molar-refractivity contribution in [2.24, 2.45) is 0 Å². The number of hydrogen-bond acceptors (Lipinski definition) is 9. The molecular weight excluding hydrogens is 333 g/mol. The van der Waals surface area contributed by atoms with Gasteiger partial charge in [0.2, 0.25) is 0 Å². The Bertz CT molecular complexity index is 219. The van der Waals surface area contributed by atoms with Crippen LogP contribution in [0.2, 0.25) is 0 Å². The van der Waals surface area contributed by atoms with Crippen LogP contribution in [0.25, 0.3) is 0 Å². The van der Waals surface area contributed by atoms with Gasteiger partial charge in [0.25, 0.3) is 0 Å². The molecule has 23 heavy (non-hydrogen) atoms. The molecule has 1 fully saturated rings. The second-order valence-corrected chi connectivity index (χ2v) is 3.40. The third kappa shape index (κ3) is 44.9. The molecule has 6 N–H and O–H groups in total. The molecule has 136 valence electrons. The quantitative estimate of drug-likeness (QED) is 0.245. The van der Waals surface area contributed by atoms with E-state index in [1.165, 1.54) is 5.06 Å². The lowest BCUT2D eigenvalue weighted by atomic mass is 10.3. The molecule has 1 rings (SSSR count). The molecule has 0 radical (unpaired) electrons. The van der Waals surface area contributed by atoms with Crippen LogP contribution in [-0.4, -0.2) is 84.5 Å². The van der Waals surface area contributed by atoms with Gasteiger partial charge in [-0.3, -0.25) is 22.0 Å². The summed E-state index contributed by atoms with van der Waals surface area (Å²) in [5, 5.41) is 45.0. The highest BCUT2D eigenvalue weighted by atomic mass is 19.1. The Kier molecular flexibility index (Phi) is 23.5. The molecule has 0 aromatic heterocycles. The maximum Gasteiger partial charge on any atom is 0.695 e. The first-order valence-corrected chi connectivity index (χ1v) is 6.20. The fourth-order valence-electron chi connectivity index (χ4n) is 1.05. The second-order valence-electron chi connectivity index (χ2n) is 3.40. The molecule has 1 heterocycles. The Morgan fingerprint density at radius 2 is 1.17 bits per heavy atom. The molecule has 1 saturated heterocycles. The highest BCUT2D eigenvalue weighted by Crippen LogP contribution is 2.07. The van der Waals surface area contributed by atoms with Crippen LogP contribution in [-0.2, 0) is 9.41 Å². The highest BCUT2D eigenvalue weighted by molar-refractivity contribution is 6.33. The monoisotopic (exact) mass is 353 g/mol. The SMILES string of the molecule is CCOB(O)F.OB(F)ON1CCCC1.OB(O)F.OB(O)F. The largest absolute Gasteiger partial charge is 0.695 e. The van der Waals surface area contributed by atoms with Crippen LogP contribution >= 0.6 is 0 Å². The van der Waals surface area contributed by atoms with Crippen molar-refractivity contribution >= 4 is 29.6 Å². The summed E-state index contributed by atoms with van der Waals surface area (Å²) in [4.78, 5) is 0.